The number of hydrogen-bond donors (Lipinski definition) is 8. The maximum Gasteiger partial charge on any atom is 0.246 e. The molecule has 3 saturated heterocycles. The predicted molar refractivity (Wildman–Crippen MR) is 303 cm³/mol. The van der Waals surface area contributed by atoms with Crippen LogP contribution in [0.2, 0.25) is 0 Å². The third-order valence-electron chi connectivity index (χ3n) is 15.4. The Morgan fingerprint density at radius 1 is 0.512 bits per heavy atom. The van der Waals surface area contributed by atoms with Gasteiger partial charge in [-0.15, -0.1) is 0 Å². The summed E-state index contributed by atoms with van der Waals surface area (Å²) < 4.78 is 12.3. The summed E-state index contributed by atoms with van der Waals surface area (Å²) in [6, 6.07) is 7.31. The summed E-state index contributed by atoms with van der Waals surface area (Å²) in [6.07, 6.45) is 3.83. The molecule has 0 radical (unpaired) electrons. The molecule has 2 aromatic carbocycles. The number of nitrogens with zero attached hydrogens (tertiary/aromatic N) is 2. The van der Waals surface area contributed by atoms with E-state index in [1.54, 1.807) is 82.3 Å². The summed E-state index contributed by atoms with van der Waals surface area (Å²) in [5.41, 5.74) is 1.37. The highest BCUT2D eigenvalue weighted by Crippen LogP contribution is 2.27. The van der Waals surface area contributed by atoms with Crippen molar-refractivity contribution in [3.05, 3.63) is 71.8 Å². The lowest BCUT2D eigenvalue weighted by atomic mass is 9.95. The van der Waals surface area contributed by atoms with Gasteiger partial charge in [-0.2, -0.15) is 0 Å². The number of fused-ring (bicyclic) bond motifs is 2. The van der Waals surface area contributed by atoms with Gasteiger partial charge in [0.15, 0.2) is 0 Å². The zero-order chi connectivity index (χ0) is 58.8. The summed E-state index contributed by atoms with van der Waals surface area (Å²) in [7, 11) is -1.40. The molecule has 12 atom stereocenters. The summed E-state index contributed by atoms with van der Waals surface area (Å²) in [4.78, 5) is 147. The van der Waals surface area contributed by atoms with Gasteiger partial charge in [-0.1, -0.05) is 129 Å². The van der Waals surface area contributed by atoms with Crippen molar-refractivity contribution in [2.45, 2.75) is 174 Å². The molecule has 21 nitrogen and oxygen atoms in total. The summed E-state index contributed by atoms with van der Waals surface area (Å²) >= 11 is 0. The van der Waals surface area contributed by atoms with Crippen LogP contribution in [0, 0.1) is 23.7 Å². The van der Waals surface area contributed by atoms with E-state index in [0.717, 1.165) is 0 Å². The van der Waals surface area contributed by atoms with Crippen molar-refractivity contribution >= 4 is 69.9 Å². The van der Waals surface area contributed by atoms with Gasteiger partial charge in [-0.25, -0.2) is 0 Å². The van der Waals surface area contributed by atoms with Crippen LogP contribution in [0.4, 0.5) is 0 Å². The lowest BCUT2D eigenvalue weighted by Gasteiger charge is -2.35. The minimum Gasteiger partial charge on any atom is -0.345 e. The van der Waals surface area contributed by atoms with Gasteiger partial charge in [0.2, 0.25) is 59.1 Å². The van der Waals surface area contributed by atoms with E-state index in [2.05, 4.69) is 42.5 Å². The van der Waals surface area contributed by atoms with Crippen LogP contribution in [0.1, 0.15) is 118 Å². The molecule has 0 aliphatic carbocycles. The Hall–Kier alpha value is -6.71. The molecule has 3 heterocycles. The Balaban J connectivity index is 1.56. The second kappa shape index (κ2) is 30.8. The van der Waals surface area contributed by atoms with E-state index in [1.165, 1.54) is 16.1 Å². The summed E-state index contributed by atoms with van der Waals surface area (Å²) in [6.45, 7) is 14.1. The SMILES string of the molecule is CCC(C)C1NC(=O)C(C(C)C)NC(=O)C(Cc2ccccc2)NC(=O)C(Cc2ccccc2)NC(=O)C2CCCN2C(=O)C2CCCN2C(=O)C(C(C)CC)NC(=O)C(CC(C)C)NC(=O)C(CCS(C)=O)NC(=O)CNC1=O. The molecule has 22 heteroatoms. The van der Waals surface area contributed by atoms with Crippen LogP contribution in [0.3, 0.4) is 0 Å². The van der Waals surface area contributed by atoms with Crippen molar-refractivity contribution in [1.82, 2.24) is 52.3 Å². The molecular formula is C58H86N10O11S. The monoisotopic (exact) mass is 1130 g/mol. The van der Waals surface area contributed by atoms with Gasteiger partial charge in [-0.05, 0) is 73.3 Å². The fourth-order valence-electron chi connectivity index (χ4n) is 10.3. The average molecular weight is 1130 g/mol. The van der Waals surface area contributed by atoms with E-state index in [4.69, 9.17) is 0 Å². The second-order valence-corrected chi connectivity index (χ2v) is 24.0. The number of carbonyl (C=O) groups excluding carboxylic acids is 10. The number of rotatable bonds is 14. The number of benzene rings is 2. The molecule has 0 saturated carbocycles. The van der Waals surface area contributed by atoms with E-state index in [1.807, 2.05) is 33.8 Å². The van der Waals surface area contributed by atoms with Crippen LogP contribution in [-0.4, -0.2) is 159 Å². The van der Waals surface area contributed by atoms with Crippen LogP contribution in [0.5, 0.6) is 0 Å². The molecule has 0 aromatic heterocycles. The molecule has 80 heavy (non-hydrogen) atoms. The van der Waals surface area contributed by atoms with Crippen molar-refractivity contribution in [2.24, 2.45) is 23.7 Å². The van der Waals surface area contributed by atoms with Crippen LogP contribution in [-0.2, 0) is 71.6 Å². The molecule has 0 bridgehead atoms. The molecule has 10 amide bonds. The first-order valence-electron chi connectivity index (χ1n) is 28.4. The maximum atomic E-state index is 14.8. The quantitative estimate of drug-likeness (QED) is 0.134. The molecule has 3 aliphatic heterocycles. The molecule has 3 aliphatic rings. The maximum absolute atomic E-state index is 14.8. The molecule has 5 rings (SSSR count). The Kier molecular flexibility index (Phi) is 24.7. The van der Waals surface area contributed by atoms with Gasteiger partial charge in [0, 0.05) is 48.7 Å². The largest absolute Gasteiger partial charge is 0.345 e. The highest BCUT2D eigenvalue weighted by molar-refractivity contribution is 7.84. The number of hydrogen-bond acceptors (Lipinski definition) is 11. The smallest absolute Gasteiger partial charge is 0.246 e. The summed E-state index contributed by atoms with van der Waals surface area (Å²) in [5.74, 6) is -8.24. The summed E-state index contributed by atoms with van der Waals surface area (Å²) in [5, 5.41) is 22.2. The molecular weight excluding hydrogens is 1040 g/mol. The highest BCUT2D eigenvalue weighted by atomic mass is 32.2. The molecule has 8 N–H and O–H groups in total. The van der Waals surface area contributed by atoms with Crippen molar-refractivity contribution in [1.29, 1.82) is 0 Å². The molecule has 0 spiro atoms. The minimum absolute atomic E-state index is 0.00123. The lowest BCUT2D eigenvalue weighted by molar-refractivity contribution is -0.149. The van der Waals surface area contributed by atoms with E-state index in [-0.39, 0.29) is 56.9 Å². The molecule has 2 aromatic rings. The normalized spacial score (nSPS) is 27.1. The van der Waals surface area contributed by atoms with Gasteiger partial charge in [-0.3, -0.25) is 52.2 Å². The van der Waals surface area contributed by atoms with E-state index in [0.29, 0.717) is 43.2 Å². The van der Waals surface area contributed by atoms with E-state index >= 15 is 0 Å². The zero-order valence-corrected chi connectivity index (χ0v) is 48.8. The zero-order valence-electron chi connectivity index (χ0n) is 48.0. The number of amides is 10. The van der Waals surface area contributed by atoms with E-state index in [9.17, 15) is 52.2 Å². The van der Waals surface area contributed by atoms with E-state index < -0.39 is 149 Å². The average Bonchev–Trinajstić information content (AvgIpc) is 4.17. The van der Waals surface area contributed by atoms with Crippen molar-refractivity contribution in [2.75, 3.05) is 31.6 Å². The fraction of sp³-hybridized carbons (Fsp3) is 0.621. The van der Waals surface area contributed by atoms with Crippen LogP contribution >= 0.6 is 0 Å². The topological polar surface area (TPSA) is 290 Å². The van der Waals surface area contributed by atoms with Gasteiger partial charge in [0.25, 0.3) is 0 Å². The Labute approximate surface area is 473 Å². The highest BCUT2D eigenvalue weighted by Gasteiger charge is 2.45. The van der Waals surface area contributed by atoms with Crippen molar-refractivity contribution in [3.8, 4) is 0 Å². The molecule has 12 unspecified atom stereocenters. The lowest BCUT2D eigenvalue weighted by Crippen LogP contribution is -2.62. The van der Waals surface area contributed by atoms with Crippen LogP contribution < -0.4 is 42.5 Å². The standard InChI is InChI=1S/C58H86N10O11S/c1-10-36(7)48-55(75)59-33-46(69)60-40(26-29-80(9)79)50(70)61-41(30-34(3)4)52(72)66-49(37(8)11-2)58(78)68-28-19-25-45(68)57(77)67-27-18-24-44(67)54(74)63-42(31-38-20-14-12-15-21-38)51(71)62-43(32-39-22-16-13-17-23-39)53(73)64-47(35(5)6)56(76)65-48/h12-17,20-23,34-37,40-45,47-49H,10-11,18-19,24-33H2,1-9H3,(H,59,75)(H,60,69)(H,61,70)(H,62,71)(H,63,74)(H,64,73)(H,65,76)(H,66,72). The van der Waals surface area contributed by atoms with Gasteiger partial charge < -0.3 is 52.3 Å². The first kappa shape index (κ1) is 64.1. The third kappa shape index (κ3) is 18.2. The Morgan fingerprint density at radius 3 is 1.51 bits per heavy atom. The van der Waals surface area contributed by atoms with Gasteiger partial charge in [0.1, 0.15) is 54.4 Å². The minimum atomic E-state index is -1.40. The van der Waals surface area contributed by atoms with Gasteiger partial charge in [0.05, 0.1) is 6.54 Å². The van der Waals surface area contributed by atoms with Crippen molar-refractivity contribution in [3.63, 3.8) is 0 Å². The first-order chi connectivity index (χ1) is 38.0. The number of nitrogens with one attached hydrogen (secondary N) is 8. The Morgan fingerprint density at radius 2 is 0.975 bits per heavy atom. The predicted octanol–water partition coefficient (Wildman–Crippen LogP) is 1.54. The second-order valence-electron chi connectivity index (χ2n) is 22.4. The van der Waals surface area contributed by atoms with Crippen molar-refractivity contribution < 1.29 is 52.2 Å². The van der Waals surface area contributed by atoms with Gasteiger partial charge >= 0.3 is 0 Å². The van der Waals surface area contributed by atoms with Crippen LogP contribution in [0.15, 0.2) is 60.7 Å². The third-order valence-corrected chi connectivity index (χ3v) is 16.2. The fourth-order valence-corrected chi connectivity index (χ4v) is 10.9. The van der Waals surface area contributed by atoms with Crippen LogP contribution in [0.25, 0.3) is 0 Å². The molecule has 3 fully saturated rings. The number of carbonyl (C=O) groups is 10. The molecule has 440 valence electrons. The Bertz CT molecular complexity index is 2520. The first-order valence-corrected chi connectivity index (χ1v) is 30.1.